The normalized spacial score (nSPS) is 11.4. The molecule has 0 saturated heterocycles. The number of phenols is 1. The Balaban J connectivity index is 0.00000444. The van der Waals surface area contributed by atoms with Crippen molar-refractivity contribution in [3.05, 3.63) is 206 Å². The molecule has 4 heterocycles. The molecule has 302 valence electrons. The molecular weight excluding hydrogens is 974 g/mol. The van der Waals surface area contributed by atoms with Gasteiger partial charge in [-0.1, -0.05) is 151 Å². The van der Waals surface area contributed by atoms with Crippen molar-refractivity contribution in [2.24, 2.45) is 0 Å². The molecule has 12 aromatic rings. The summed E-state index contributed by atoms with van der Waals surface area (Å²) in [6, 6.07) is 70.3. The number of fused-ring (bicyclic) bond motifs is 5. The van der Waals surface area contributed by atoms with Crippen molar-refractivity contribution in [3.63, 3.8) is 0 Å². The number of phenolic OH excluding ortho intramolecular Hbond substituents is 1. The molecule has 0 spiro atoms. The molecule has 0 unspecified atom stereocenters. The maximum absolute atomic E-state index is 11.3. The average molecular weight is 1010 g/mol. The summed E-state index contributed by atoms with van der Waals surface area (Å²) in [4.78, 5) is 11.4. The summed E-state index contributed by atoms with van der Waals surface area (Å²) in [5.74, 6) is 0.794. The first-order valence-electron chi connectivity index (χ1n) is 20.5. The van der Waals surface area contributed by atoms with Gasteiger partial charge in [0.25, 0.3) is 0 Å². The number of rotatable bonds is 7. The van der Waals surface area contributed by atoms with Crippen LogP contribution in [-0.4, -0.2) is 19.6 Å². The van der Waals surface area contributed by atoms with Gasteiger partial charge in [-0.3, -0.25) is 9.55 Å². The second-order valence-electron chi connectivity index (χ2n) is 15.4. The number of hydrogen-bond donors (Lipinski definition) is 1. The van der Waals surface area contributed by atoms with E-state index < -0.39 is 0 Å². The van der Waals surface area contributed by atoms with Crippen LogP contribution in [0.1, 0.15) is 0 Å². The van der Waals surface area contributed by atoms with Crippen LogP contribution in [0.15, 0.2) is 205 Å². The molecule has 0 saturated carbocycles. The smallest absolute Gasteiger partial charge is 0.148 e. The summed E-state index contributed by atoms with van der Waals surface area (Å²) in [6.07, 6.45) is 1.80. The van der Waals surface area contributed by atoms with Gasteiger partial charge in [-0.2, -0.15) is 0 Å². The maximum Gasteiger partial charge on any atom is 0.148 e. The van der Waals surface area contributed by atoms with Gasteiger partial charge in [0.05, 0.1) is 27.9 Å². The fourth-order valence-corrected chi connectivity index (χ4v) is 9.79. The number of thiophene rings is 1. The molecule has 63 heavy (non-hydrogen) atoms. The van der Waals surface area contributed by atoms with Crippen molar-refractivity contribution >= 4 is 54.4 Å². The van der Waals surface area contributed by atoms with E-state index in [2.05, 4.69) is 150 Å². The van der Waals surface area contributed by atoms with Crippen LogP contribution in [0.3, 0.4) is 0 Å². The van der Waals surface area contributed by atoms with E-state index in [1.165, 1.54) is 20.5 Å². The van der Waals surface area contributed by atoms with E-state index in [-0.39, 0.29) is 26.8 Å². The number of furan rings is 1. The van der Waals surface area contributed by atoms with Gasteiger partial charge in [-0.15, -0.1) is 29.0 Å². The molecule has 4 aromatic heterocycles. The van der Waals surface area contributed by atoms with Crippen LogP contribution < -0.4 is 0 Å². The predicted molar refractivity (Wildman–Crippen MR) is 255 cm³/mol. The van der Waals surface area contributed by atoms with Gasteiger partial charge in [0.15, 0.2) is 0 Å². The van der Waals surface area contributed by atoms with Crippen molar-refractivity contribution in [1.29, 1.82) is 0 Å². The Morgan fingerprint density at radius 1 is 0.571 bits per heavy atom. The zero-order valence-electron chi connectivity index (χ0n) is 33.5. The zero-order valence-corrected chi connectivity index (χ0v) is 36.6. The Bertz CT molecular complexity index is 3620. The standard InChI is InChI=1S/C56H34N3O2S.Pt/c60-50-22-8-6-17-44(50)56-58-54-42(18-12-21-49(54)59(56)48-20-7-5-16-41(48)36-13-2-1-3-14-36)40-31-45-43-29-28-38(33-51(43)61-55(45)46(32-40)47-19-10-11-30-57-47)35-24-26-37(27-25-35)53-34-39-15-4-9-23-52(39)62-53;/h1-31,33-34,60H;/q-1;. The first-order valence-corrected chi connectivity index (χ1v) is 21.3. The van der Waals surface area contributed by atoms with Gasteiger partial charge in [0.1, 0.15) is 17.2 Å². The van der Waals surface area contributed by atoms with Gasteiger partial charge >= 0.3 is 0 Å². The molecule has 0 aliphatic carbocycles. The number of hydrogen-bond acceptors (Lipinski definition) is 5. The Morgan fingerprint density at radius 3 is 2.13 bits per heavy atom. The molecule has 7 heteroatoms. The summed E-state index contributed by atoms with van der Waals surface area (Å²) in [7, 11) is 0. The number of imidazole rings is 1. The van der Waals surface area contributed by atoms with Gasteiger partial charge in [-0.25, -0.2) is 4.98 Å². The molecule has 0 aliphatic heterocycles. The summed E-state index contributed by atoms with van der Waals surface area (Å²) in [5.41, 5.74) is 13.6. The van der Waals surface area contributed by atoms with E-state index >= 15 is 0 Å². The SMILES string of the molecule is Oc1ccccc1-c1nc2c(-c3[c-]c(-c4ccccn4)c4oc5cc(-c6ccc(-c7cc8ccccc8s7)cc6)ccc5c4c3)cccc2n1-c1ccccc1-c1ccccc1.[Pt]. The first kappa shape index (κ1) is 38.5. The van der Waals surface area contributed by atoms with Crippen LogP contribution in [0, 0.1) is 6.07 Å². The molecule has 0 fully saturated rings. The van der Waals surface area contributed by atoms with Gasteiger partial charge in [0.2, 0.25) is 0 Å². The van der Waals surface area contributed by atoms with Gasteiger partial charge in [0, 0.05) is 53.5 Å². The number of para-hydroxylation sites is 3. The number of pyridine rings is 1. The number of aromatic nitrogens is 3. The molecule has 12 rings (SSSR count). The van der Waals surface area contributed by atoms with Crippen LogP contribution in [0.2, 0.25) is 0 Å². The topological polar surface area (TPSA) is 64.1 Å². The van der Waals surface area contributed by atoms with E-state index in [1.54, 1.807) is 12.3 Å². The summed E-state index contributed by atoms with van der Waals surface area (Å²) < 4.78 is 10.3. The minimum Gasteiger partial charge on any atom is -0.507 e. The third-order valence-electron chi connectivity index (χ3n) is 11.7. The van der Waals surface area contributed by atoms with E-state index in [0.29, 0.717) is 11.4 Å². The second-order valence-corrected chi connectivity index (χ2v) is 16.5. The maximum atomic E-state index is 11.3. The van der Waals surface area contributed by atoms with E-state index in [1.807, 2.05) is 59.9 Å². The molecule has 5 nitrogen and oxygen atoms in total. The summed E-state index contributed by atoms with van der Waals surface area (Å²) in [6.45, 7) is 0. The van der Waals surface area contributed by atoms with Crippen molar-refractivity contribution in [2.45, 2.75) is 0 Å². The quantitative estimate of drug-likeness (QED) is 0.162. The average Bonchev–Trinajstić information content (AvgIpc) is 4.06. The van der Waals surface area contributed by atoms with Crippen LogP contribution in [0.5, 0.6) is 5.75 Å². The monoisotopic (exact) mass is 1010 g/mol. The molecule has 1 N–H and O–H groups in total. The summed E-state index contributed by atoms with van der Waals surface area (Å²) >= 11 is 1.82. The predicted octanol–water partition coefficient (Wildman–Crippen LogP) is 15.0. The van der Waals surface area contributed by atoms with E-state index in [9.17, 15) is 5.11 Å². The van der Waals surface area contributed by atoms with Crippen LogP contribution in [-0.2, 0) is 21.1 Å². The molecule has 0 amide bonds. The fraction of sp³-hybridized carbons (Fsp3) is 0. The Labute approximate surface area is 381 Å². The van der Waals surface area contributed by atoms with E-state index in [0.717, 1.165) is 83.3 Å². The Hall–Kier alpha value is -7.37. The molecular formula is C56H34N3O2PtS-. The van der Waals surface area contributed by atoms with Crippen LogP contribution >= 0.6 is 11.3 Å². The number of aromatic hydroxyl groups is 1. The summed E-state index contributed by atoms with van der Waals surface area (Å²) in [5, 5.41) is 14.5. The third kappa shape index (κ3) is 6.67. The van der Waals surface area contributed by atoms with Gasteiger partial charge < -0.3 is 9.52 Å². The van der Waals surface area contributed by atoms with Crippen molar-refractivity contribution in [1.82, 2.24) is 14.5 Å². The fourth-order valence-electron chi connectivity index (χ4n) is 8.72. The third-order valence-corrected chi connectivity index (χ3v) is 12.9. The molecule has 8 aromatic carbocycles. The Morgan fingerprint density at radius 2 is 1.30 bits per heavy atom. The van der Waals surface area contributed by atoms with Crippen molar-refractivity contribution < 1.29 is 30.6 Å². The number of benzene rings is 8. The molecule has 0 atom stereocenters. The first-order chi connectivity index (χ1) is 30.6. The van der Waals surface area contributed by atoms with Crippen LogP contribution in [0.25, 0.3) is 115 Å². The van der Waals surface area contributed by atoms with Gasteiger partial charge in [-0.05, 0) is 81.6 Å². The second kappa shape index (κ2) is 15.8. The van der Waals surface area contributed by atoms with Crippen LogP contribution in [0.4, 0.5) is 0 Å². The zero-order chi connectivity index (χ0) is 41.1. The number of nitrogens with zero attached hydrogens (tertiary/aromatic N) is 3. The molecule has 0 bridgehead atoms. The minimum absolute atomic E-state index is 0. The Kier molecular flexibility index (Phi) is 9.68. The molecule has 0 radical (unpaired) electrons. The minimum atomic E-state index is 0. The van der Waals surface area contributed by atoms with E-state index in [4.69, 9.17) is 14.4 Å². The van der Waals surface area contributed by atoms with Crippen molar-refractivity contribution in [3.8, 4) is 77.9 Å². The van der Waals surface area contributed by atoms with Crippen molar-refractivity contribution in [2.75, 3.05) is 0 Å². The molecule has 0 aliphatic rings. The largest absolute Gasteiger partial charge is 0.507 e.